The molecule has 2 N–H and O–H groups in total. The van der Waals surface area contributed by atoms with Crippen LogP contribution in [0.5, 0.6) is 0 Å². The zero-order chi connectivity index (χ0) is 13.6. The number of anilines is 1. The highest BCUT2D eigenvalue weighted by molar-refractivity contribution is 5.62. The van der Waals surface area contributed by atoms with Gasteiger partial charge in [0.05, 0.1) is 6.26 Å². The summed E-state index contributed by atoms with van der Waals surface area (Å²) in [7, 11) is 0. The highest BCUT2D eigenvalue weighted by Gasteiger charge is 2.06. The van der Waals surface area contributed by atoms with Crippen LogP contribution < -0.4 is 10.9 Å². The molecule has 0 aliphatic rings. The summed E-state index contributed by atoms with van der Waals surface area (Å²) in [6, 6.07) is 22.1. The van der Waals surface area contributed by atoms with Crippen LogP contribution in [0.15, 0.2) is 77.4 Å². The van der Waals surface area contributed by atoms with E-state index in [-0.39, 0.29) is 0 Å². The average Bonchev–Trinajstić information content (AvgIpc) is 3.03. The number of benzene rings is 2. The summed E-state index contributed by atoms with van der Waals surface area (Å²) in [4.78, 5) is 0. The molecule has 3 nitrogen and oxygen atoms in total. The molecular weight excluding hydrogens is 248 g/mol. The van der Waals surface area contributed by atoms with Crippen molar-refractivity contribution in [2.45, 2.75) is 6.54 Å². The second-order valence-electron chi connectivity index (χ2n) is 4.48. The van der Waals surface area contributed by atoms with Crippen LogP contribution in [-0.4, -0.2) is 0 Å². The third kappa shape index (κ3) is 2.90. The van der Waals surface area contributed by atoms with Crippen LogP contribution in [0.3, 0.4) is 0 Å². The minimum atomic E-state index is 0.714. The van der Waals surface area contributed by atoms with Gasteiger partial charge in [-0.2, -0.15) is 0 Å². The van der Waals surface area contributed by atoms with Crippen LogP contribution in [0.4, 0.5) is 5.69 Å². The molecule has 0 saturated heterocycles. The summed E-state index contributed by atoms with van der Waals surface area (Å²) in [5, 5.41) is 0. The van der Waals surface area contributed by atoms with Crippen molar-refractivity contribution in [1.29, 1.82) is 0 Å². The third-order valence-electron chi connectivity index (χ3n) is 3.09. The first kappa shape index (κ1) is 12.5. The Bertz CT molecular complexity index is 648. The van der Waals surface area contributed by atoms with E-state index in [2.05, 4.69) is 23.0 Å². The molecule has 0 spiro atoms. The number of hydrazine groups is 1. The van der Waals surface area contributed by atoms with Crippen molar-refractivity contribution < 1.29 is 4.42 Å². The van der Waals surface area contributed by atoms with Gasteiger partial charge in [-0.3, -0.25) is 0 Å². The molecule has 0 fully saturated rings. The predicted molar refractivity (Wildman–Crippen MR) is 81.0 cm³/mol. The Balaban J connectivity index is 1.69. The fraction of sp³-hybridized carbons (Fsp3) is 0.0588. The van der Waals surface area contributed by atoms with Crippen LogP contribution in [0.1, 0.15) is 5.56 Å². The number of nitrogens with one attached hydrogen (secondary N) is 2. The molecule has 1 heterocycles. The maximum atomic E-state index is 5.48. The van der Waals surface area contributed by atoms with E-state index in [1.807, 2.05) is 54.6 Å². The summed E-state index contributed by atoms with van der Waals surface area (Å²) >= 11 is 0. The molecule has 0 bridgehead atoms. The van der Waals surface area contributed by atoms with Crippen molar-refractivity contribution in [3.05, 3.63) is 78.6 Å². The molecule has 0 amide bonds. The summed E-state index contributed by atoms with van der Waals surface area (Å²) in [5.74, 6) is 0.891. The van der Waals surface area contributed by atoms with Crippen LogP contribution in [0, 0.1) is 0 Å². The zero-order valence-electron chi connectivity index (χ0n) is 11.0. The highest BCUT2D eigenvalue weighted by atomic mass is 16.3. The van der Waals surface area contributed by atoms with Crippen molar-refractivity contribution in [3.8, 4) is 11.3 Å². The molecule has 0 saturated carbocycles. The summed E-state index contributed by atoms with van der Waals surface area (Å²) in [6.07, 6.45) is 1.70. The minimum absolute atomic E-state index is 0.714. The number of hydrogen-bond acceptors (Lipinski definition) is 3. The molecule has 20 heavy (non-hydrogen) atoms. The Labute approximate surface area is 118 Å². The lowest BCUT2D eigenvalue weighted by molar-refractivity contribution is 0.581. The summed E-state index contributed by atoms with van der Waals surface area (Å²) in [6.45, 7) is 0.714. The van der Waals surface area contributed by atoms with Gasteiger partial charge in [0.25, 0.3) is 0 Å². The van der Waals surface area contributed by atoms with Gasteiger partial charge in [-0.1, -0.05) is 42.5 Å². The van der Waals surface area contributed by atoms with E-state index < -0.39 is 0 Å². The van der Waals surface area contributed by atoms with Gasteiger partial charge in [0.15, 0.2) is 0 Å². The standard InChI is InChI=1S/C17H16N2O/c1-2-8-15(9-3-1)19-18-13-14-7-4-5-10-16(14)17-11-6-12-20-17/h1-12,18-19H,13H2. The van der Waals surface area contributed by atoms with Crippen molar-refractivity contribution in [1.82, 2.24) is 5.43 Å². The molecule has 2 aromatic carbocycles. The molecule has 3 rings (SSSR count). The van der Waals surface area contributed by atoms with E-state index in [1.54, 1.807) is 6.26 Å². The Morgan fingerprint density at radius 2 is 1.60 bits per heavy atom. The quantitative estimate of drug-likeness (QED) is 0.682. The Morgan fingerprint density at radius 1 is 0.800 bits per heavy atom. The van der Waals surface area contributed by atoms with E-state index >= 15 is 0 Å². The van der Waals surface area contributed by atoms with E-state index in [1.165, 1.54) is 5.56 Å². The second-order valence-corrected chi connectivity index (χ2v) is 4.48. The van der Waals surface area contributed by atoms with E-state index in [0.717, 1.165) is 17.0 Å². The van der Waals surface area contributed by atoms with E-state index in [4.69, 9.17) is 4.42 Å². The number of para-hydroxylation sites is 1. The first-order valence-corrected chi connectivity index (χ1v) is 6.59. The zero-order valence-corrected chi connectivity index (χ0v) is 11.0. The minimum Gasteiger partial charge on any atom is -0.464 e. The highest BCUT2D eigenvalue weighted by Crippen LogP contribution is 2.23. The van der Waals surface area contributed by atoms with Gasteiger partial charge in [-0.05, 0) is 29.8 Å². The molecule has 0 radical (unpaired) electrons. The largest absolute Gasteiger partial charge is 0.464 e. The number of hydrogen-bond donors (Lipinski definition) is 2. The monoisotopic (exact) mass is 264 g/mol. The Morgan fingerprint density at radius 3 is 2.40 bits per heavy atom. The smallest absolute Gasteiger partial charge is 0.134 e. The van der Waals surface area contributed by atoms with Gasteiger partial charge < -0.3 is 9.84 Å². The van der Waals surface area contributed by atoms with Crippen molar-refractivity contribution >= 4 is 5.69 Å². The van der Waals surface area contributed by atoms with E-state index in [0.29, 0.717) is 6.54 Å². The van der Waals surface area contributed by atoms with Crippen molar-refractivity contribution in [2.24, 2.45) is 0 Å². The first-order chi connectivity index (χ1) is 9.93. The molecule has 0 aliphatic heterocycles. The Kier molecular flexibility index (Phi) is 3.80. The number of furan rings is 1. The number of rotatable bonds is 5. The molecule has 3 aromatic rings. The molecule has 0 atom stereocenters. The fourth-order valence-electron chi connectivity index (χ4n) is 2.11. The second kappa shape index (κ2) is 6.08. The molecule has 0 aliphatic carbocycles. The molecular formula is C17H16N2O. The average molecular weight is 264 g/mol. The molecule has 1 aromatic heterocycles. The maximum absolute atomic E-state index is 5.48. The van der Waals surface area contributed by atoms with Crippen LogP contribution >= 0.6 is 0 Å². The fourth-order valence-corrected chi connectivity index (χ4v) is 2.11. The predicted octanol–water partition coefficient (Wildman–Crippen LogP) is 4.06. The van der Waals surface area contributed by atoms with Crippen LogP contribution in [-0.2, 0) is 6.54 Å². The summed E-state index contributed by atoms with van der Waals surface area (Å²) in [5.41, 5.74) is 9.76. The Hall–Kier alpha value is -2.52. The summed E-state index contributed by atoms with van der Waals surface area (Å²) < 4.78 is 5.48. The third-order valence-corrected chi connectivity index (χ3v) is 3.09. The SMILES string of the molecule is c1ccc(NNCc2ccccc2-c2ccco2)cc1. The lowest BCUT2D eigenvalue weighted by Gasteiger charge is -2.11. The lowest BCUT2D eigenvalue weighted by atomic mass is 10.1. The van der Waals surface area contributed by atoms with E-state index in [9.17, 15) is 0 Å². The van der Waals surface area contributed by atoms with Crippen LogP contribution in [0.2, 0.25) is 0 Å². The van der Waals surface area contributed by atoms with Crippen LogP contribution in [0.25, 0.3) is 11.3 Å². The molecule has 100 valence electrons. The molecule has 0 unspecified atom stereocenters. The maximum Gasteiger partial charge on any atom is 0.134 e. The first-order valence-electron chi connectivity index (χ1n) is 6.59. The topological polar surface area (TPSA) is 37.2 Å². The molecule has 3 heteroatoms. The van der Waals surface area contributed by atoms with Crippen molar-refractivity contribution in [3.63, 3.8) is 0 Å². The van der Waals surface area contributed by atoms with Gasteiger partial charge >= 0.3 is 0 Å². The van der Waals surface area contributed by atoms with Gasteiger partial charge in [-0.25, -0.2) is 5.43 Å². The van der Waals surface area contributed by atoms with Gasteiger partial charge in [0.1, 0.15) is 5.76 Å². The lowest BCUT2D eigenvalue weighted by Crippen LogP contribution is -2.21. The van der Waals surface area contributed by atoms with Gasteiger partial charge in [0.2, 0.25) is 0 Å². The van der Waals surface area contributed by atoms with Gasteiger partial charge in [0, 0.05) is 17.8 Å². The van der Waals surface area contributed by atoms with Crippen molar-refractivity contribution in [2.75, 3.05) is 5.43 Å². The van der Waals surface area contributed by atoms with Gasteiger partial charge in [-0.15, -0.1) is 0 Å². The normalized spacial score (nSPS) is 10.4.